The number of carbonyl (C=O) groups excluding carboxylic acids is 1. The van der Waals surface area contributed by atoms with Gasteiger partial charge in [-0.25, -0.2) is 9.36 Å². The fraction of sp³-hybridized carbons (Fsp3) is 0.833. The standard InChI is InChI=1S/C18H35O6P/c1-17(2)18(19)23-15-13-11-9-7-5-3-4-6-8-10-12-14-16-24-25(20,21)22/h1,3-16H2,2H3,(H2,20,21,22). The van der Waals surface area contributed by atoms with E-state index in [-0.39, 0.29) is 12.6 Å². The highest BCUT2D eigenvalue weighted by Gasteiger charge is 2.12. The molecule has 0 aromatic heterocycles. The van der Waals surface area contributed by atoms with E-state index in [0.717, 1.165) is 25.7 Å². The summed E-state index contributed by atoms with van der Waals surface area (Å²) < 4.78 is 19.9. The number of carbonyl (C=O) groups is 1. The molecule has 0 aliphatic rings. The van der Waals surface area contributed by atoms with Crippen molar-refractivity contribution in [2.45, 2.75) is 84.0 Å². The second-order valence-corrected chi connectivity index (χ2v) is 7.72. The van der Waals surface area contributed by atoms with E-state index >= 15 is 0 Å². The number of phosphoric ester groups is 1. The molecule has 148 valence electrons. The number of phosphoric acid groups is 1. The maximum Gasteiger partial charge on any atom is 0.469 e. The summed E-state index contributed by atoms with van der Waals surface area (Å²) in [5.41, 5.74) is 0.453. The SMILES string of the molecule is C=C(C)C(=O)OCCCCCCCCCCCCCCOP(=O)(O)O. The zero-order valence-corrected chi connectivity index (χ0v) is 16.5. The lowest BCUT2D eigenvalue weighted by molar-refractivity contribution is -0.139. The fourth-order valence-electron chi connectivity index (χ4n) is 2.44. The van der Waals surface area contributed by atoms with Gasteiger partial charge in [-0.1, -0.05) is 70.8 Å². The first-order chi connectivity index (χ1) is 11.8. The average molecular weight is 378 g/mol. The van der Waals surface area contributed by atoms with Crippen LogP contribution in [0.3, 0.4) is 0 Å². The molecule has 0 saturated carbocycles. The minimum atomic E-state index is -4.29. The third-order valence-corrected chi connectivity index (χ3v) is 4.40. The van der Waals surface area contributed by atoms with Crippen LogP contribution in [0, 0.1) is 0 Å². The smallest absolute Gasteiger partial charge is 0.462 e. The molecule has 0 atom stereocenters. The van der Waals surface area contributed by atoms with Gasteiger partial charge in [-0.3, -0.25) is 4.52 Å². The van der Waals surface area contributed by atoms with Crippen LogP contribution in [-0.2, 0) is 18.6 Å². The number of unbranched alkanes of at least 4 members (excludes halogenated alkanes) is 11. The summed E-state index contributed by atoms with van der Waals surface area (Å²) in [4.78, 5) is 28.2. The van der Waals surface area contributed by atoms with E-state index in [1.54, 1.807) is 6.92 Å². The molecular formula is C18H35O6P. The highest BCUT2D eigenvalue weighted by molar-refractivity contribution is 7.46. The molecule has 0 aromatic carbocycles. The van der Waals surface area contributed by atoms with Gasteiger partial charge in [0.05, 0.1) is 13.2 Å². The molecule has 0 amide bonds. The van der Waals surface area contributed by atoms with Gasteiger partial charge < -0.3 is 14.5 Å². The molecule has 0 saturated heterocycles. The average Bonchev–Trinajstić information content (AvgIpc) is 2.53. The third-order valence-electron chi connectivity index (χ3n) is 3.88. The van der Waals surface area contributed by atoms with Crippen LogP contribution < -0.4 is 0 Å². The molecule has 0 radical (unpaired) electrons. The number of hydrogen-bond acceptors (Lipinski definition) is 4. The Morgan fingerprint density at radius 3 is 1.52 bits per heavy atom. The van der Waals surface area contributed by atoms with Gasteiger partial charge in [0.1, 0.15) is 0 Å². The van der Waals surface area contributed by atoms with Crippen LogP contribution in [0.15, 0.2) is 12.2 Å². The normalized spacial score (nSPS) is 11.5. The van der Waals surface area contributed by atoms with Gasteiger partial charge in [0, 0.05) is 5.57 Å². The minimum absolute atomic E-state index is 0.136. The van der Waals surface area contributed by atoms with Gasteiger partial charge in [0.2, 0.25) is 0 Å². The van der Waals surface area contributed by atoms with Gasteiger partial charge in [-0.15, -0.1) is 0 Å². The molecule has 0 rings (SSSR count). The molecule has 0 unspecified atom stereocenters. The molecule has 0 aliphatic carbocycles. The maximum atomic E-state index is 11.2. The first kappa shape index (κ1) is 24.3. The van der Waals surface area contributed by atoms with Crippen LogP contribution in [0.25, 0.3) is 0 Å². The maximum absolute atomic E-state index is 11.2. The molecule has 0 heterocycles. The largest absolute Gasteiger partial charge is 0.469 e. The van der Waals surface area contributed by atoms with E-state index < -0.39 is 7.82 Å². The Kier molecular flexibility index (Phi) is 15.1. The van der Waals surface area contributed by atoms with E-state index in [1.165, 1.54) is 44.9 Å². The molecule has 0 spiro atoms. The van der Waals surface area contributed by atoms with Crippen molar-refractivity contribution in [2.24, 2.45) is 0 Å². The van der Waals surface area contributed by atoms with Crippen LogP contribution in [0.4, 0.5) is 0 Å². The lowest BCUT2D eigenvalue weighted by atomic mass is 10.1. The van der Waals surface area contributed by atoms with E-state index in [0.29, 0.717) is 18.6 Å². The van der Waals surface area contributed by atoms with Crippen molar-refractivity contribution in [2.75, 3.05) is 13.2 Å². The van der Waals surface area contributed by atoms with Crippen molar-refractivity contribution >= 4 is 13.8 Å². The summed E-state index contributed by atoms with van der Waals surface area (Å²) in [5.74, 6) is -0.297. The lowest BCUT2D eigenvalue weighted by Gasteiger charge is -2.05. The van der Waals surface area contributed by atoms with Crippen molar-refractivity contribution in [1.29, 1.82) is 0 Å². The van der Waals surface area contributed by atoms with Crippen LogP contribution in [0.2, 0.25) is 0 Å². The monoisotopic (exact) mass is 378 g/mol. The molecule has 0 aliphatic heterocycles. The van der Waals surface area contributed by atoms with Crippen molar-refractivity contribution in [3.8, 4) is 0 Å². The second kappa shape index (κ2) is 15.6. The predicted molar refractivity (Wildman–Crippen MR) is 99.2 cm³/mol. The van der Waals surface area contributed by atoms with Crippen LogP contribution in [-0.4, -0.2) is 29.0 Å². The molecule has 2 N–H and O–H groups in total. The number of rotatable bonds is 17. The first-order valence-corrected chi connectivity index (χ1v) is 10.9. The molecule has 6 nitrogen and oxygen atoms in total. The van der Waals surface area contributed by atoms with Crippen LogP contribution in [0.5, 0.6) is 0 Å². The first-order valence-electron chi connectivity index (χ1n) is 9.35. The van der Waals surface area contributed by atoms with Crippen molar-refractivity contribution < 1.29 is 28.4 Å². The van der Waals surface area contributed by atoms with Gasteiger partial charge >= 0.3 is 13.8 Å². The summed E-state index contributed by atoms with van der Waals surface area (Å²) in [6.45, 7) is 5.83. The Balaban J connectivity index is 3.13. The predicted octanol–water partition coefficient (Wildman–Crippen LogP) is 4.90. The van der Waals surface area contributed by atoms with Crippen molar-refractivity contribution in [1.82, 2.24) is 0 Å². The molecule has 7 heteroatoms. The van der Waals surface area contributed by atoms with Crippen molar-refractivity contribution in [3.63, 3.8) is 0 Å². The summed E-state index contributed by atoms with van der Waals surface area (Å²) in [6.07, 6.45) is 13.3. The molecule has 0 bridgehead atoms. The summed E-state index contributed by atoms with van der Waals surface area (Å²) in [5, 5.41) is 0. The highest BCUT2D eigenvalue weighted by atomic mass is 31.2. The van der Waals surface area contributed by atoms with E-state index in [2.05, 4.69) is 11.1 Å². The van der Waals surface area contributed by atoms with Crippen molar-refractivity contribution in [3.05, 3.63) is 12.2 Å². The van der Waals surface area contributed by atoms with E-state index in [4.69, 9.17) is 14.5 Å². The number of esters is 1. The Morgan fingerprint density at radius 2 is 1.16 bits per heavy atom. The Bertz CT molecular complexity index is 404. The quantitative estimate of drug-likeness (QED) is 0.162. The van der Waals surface area contributed by atoms with Gasteiger partial charge in [-0.05, 0) is 19.8 Å². The Morgan fingerprint density at radius 1 is 0.800 bits per heavy atom. The van der Waals surface area contributed by atoms with Gasteiger partial charge in [0.25, 0.3) is 0 Å². The zero-order valence-electron chi connectivity index (χ0n) is 15.6. The highest BCUT2D eigenvalue weighted by Crippen LogP contribution is 2.35. The zero-order chi connectivity index (χ0) is 19.0. The summed E-state index contributed by atoms with van der Waals surface area (Å²) in [6, 6.07) is 0. The van der Waals surface area contributed by atoms with Gasteiger partial charge in [0.15, 0.2) is 0 Å². The Labute approximate surface area is 152 Å². The third kappa shape index (κ3) is 19.5. The Hall–Kier alpha value is -0.680. The van der Waals surface area contributed by atoms with Crippen LogP contribution in [0.1, 0.15) is 84.0 Å². The summed E-state index contributed by atoms with van der Waals surface area (Å²) in [7, 11) is -4.29. The molecule has 0 aromatic rings. The molecular weight excluding hydrogens is 343 g/mol. The van der Waals surface area contributed by atoms with Gasteiger partial charge in [-0.2, -0.15) is 0 Å². The lowest BCUT2D eigenvalue weighted by Crippen LogP contribution is -2.05. The minimum Gasteiger partial charge on any atom is -0.462 e. The topological polar surface area (TPSA) is 93.1 Å². The molecule has 0 fully saturated rings. The van der Waals surface area contributed by atoms with E-state index in [1.807, 2.05) is 0 Å². The number of hydrogen-bond donors (Lipinski definition) is 2. The van der Waals surface area contributed by atoms with Crippen LogP contribution >= 0.6 is 7.82 Å². The number of ether oxygens (including phenoxy) is 1. The summed E-state index contributed by atoms with van der Waals surface area (Å²) >= 11 is 0. The fourth-order valence-corrected chi connectivity index (χ4v) is 2.81. The van der Waals surface area contributed by atoms with E-state index in [9.17, 15) is 9.36 Å². The second-order valence-electron chi connectivity index (χ2n) is 6.48. The molecule has 25 heavy (non-hydrogen) atoms.